The Bertz CT molecular complexity index is 698. The van der Waals surface area contributed by atoms with Crippen LogP contribution in [0.4, 0.5) is 4.79 Å². The Morgan fingerprint density at radius 3 is 2.84 bits per heavy atom. The monoisotopic (exact) mass is 283 g/mol. The highest BCUT2D eigenvalue weighted by Crippen LogP contribution is 2.07. The molecule has 0 aromatic carbocycles. The van der Waals surface area contributed by atoms with Crippen molar-refractivity contribution in [3.05, 3.63) is 21.3 Å². The van der Waals surface area contributed by atoms with E-state index in [2.05, 4.69) is 10.3 Å². The Hall–Kier alpha value is -1.76. The van der Waals surface area contributed by atoms with Crippen LogP contribution in [-0.4, -0.2) is 38.8 Å². The van der Waals surface area contributed by atoms with Crippen molar-refractivity contribution >= 4 is 23.8 Å². The molecule has 19 heavy (non-hydrogen) atoms. The lowest BCUT2D eigenvalue weighted by molar-refractivity contribution is 0.209. The fourth-order valence-corrected chi connectivity index (χ4v) is 2.58. The zero-order valence-corrected chi connectivity index (χ0v) is 11.2. The molecular formula is C11H14ClN5O2. The summed E-state index contributed by atoms with van der Waals surface area (Å²) in [4.78, 5) is 30.4. The third-order valence-electron chi connectivity index (χ3n) is 3.43. The maximum Gasteiger partial charge on any atom is 0.338 e. The Morgan fingerprint density at radius 1 is 1.47 bits per heavy atom. The highest BCUT2D eigenvalue weighted by atomic mass is 35.5. The zero-order chi connectivity index (χ0) is 13.6. The van der Waals surface area contributed by atoms with Crippen molar-refractivity contribution in [1.82, 2.24) is 19.4 Å². The summed E-state index contributed by atoms with van der Waals surface area (Å²) < 4.78 is 2.50. The van der Waals surface area contributed by atoms with Gasteiger partial charge in [0.2, 0.25) is 0 Å². The first-order valence-corrected chi connectivity index (χ1v) is 6.58. The van der Waals surface area contributed by atoms with Crippen LogP contribution in [-0.2, 0) is 7.05 Å². The predicted octanol–water partition coefficient (Wildman–Crippen LogP) is -1.27. The second-order valence-corrected chi connectivity index (χ2v) is 5.05. The molecule has 1 amide bonds. The summed E-state index contributed by atoms with van der Waals surface area (Å²) in [7, 11) is 1.58. The average Bonchev–Trinajstić information content (AvgIpc) is 2.99. The molecular weight excluding hydrogens is 270 g/mol. The van der Waals surface area contributed by atoms with Gasteiger partial charge in [0, 0.05) is 26.3 Å². The Balaban J connectivity index is 2.18. The fraction of sp³-hybridized carbons (Fsp3) is 0.545. The number of nitrogens with one attached hydrogen (secondary N) is 1. The van der Waals surface area contributed by atoms with Crippen LogP contribution >= 0.6 is 11.6 Å². The maximum atomic E-state index is 12.4. The third-order valence-corrected chi connectivity index (χ3v) is 3.65. The van der Waals surface area contributed by atoms with Gasteiger partial charge in [-0.1, -0.05) is 11.6 Å². The van der Waals surface area contributed by atoms with E-state index in [-0.39, 0.29) is 6.03 Å². The lowest BCUT2D eigenvalue weighted by Crippen LogP contribution is -2.47. The quantitative estimate of drug-likeness (QED) is 0.477. The van der Waals surface area contributed by atoms with Crippen LogP contribution in [0.15, 0.2) is 9.79 Å². The molecule has 1 unspecified atom stereocenters. The normalized spacial score (nSPS) is 21.4. The highest BCUT2D eigenvalue weighted by Gasteiger charge is 2.24. The van der Waals surface area contributed by atoms with E-state index in [9.17, 15) is 9.59 Å². The van der Waals surface area contributed by atoms with Gasteiger partial charge >= 0.3 is 11.7 Å². The lowest BCUT2D eigenvalue weighted by Gasteiger charge is -2.15. The molecule has 3 heterocycles. The van der Waals surface area contributed by atoms with Crippen LogP contribution in [0, 0.1) is 0 Å². The third kappa shape index (κ3) is 1.85. The van der Waals surface area contributed by atoms with Crippen molar-refractivity contribution in [3.63, 3.8) is 0 Å². The summed E-state index contributed by atoms with van der Waals surface area (Å²) in [5, 5.41) is 3.25. The van der Waals surface area contributed by atoms with Gasteiger partial charge in [-0.3, -0.25) is 4.57 Å². The van der Waals surface area contributed by atoms with E-state index < -0.39 is 11.3 Å². The molecule has 3 rings (SSSR count). The van der Waals surface area contributed by atoms with Crippen LogP contribution in [0.1, 0.15) is 12.8 Å². The number of carbonyl (C=O) groups excluding carboxylic acids is 1. The summed E-state index contributed by atoms with van der Waals surface area (Å²) in [5.74, 6) is 0. The SMILES string of the molecule is Cn1c2c(n(C(=O)N3CCCC3)c1=O)=CNC(Cl)N=2. The molecule has 0 spiro atoms. The molecule has 1 N–H and O–H groups in total. The van der Waals surface area contributed by atoms with Gasteiger partial charge in [-0.25, -0.2) is 19.1 Å². The van der Waals surface area contributed by atoms with E-state index in [0.29, 0.717) is 23.9 Å². The number of rotatable bonds is 0. The molecule has 1 aromatic heterocycles. The summed E-state index contributed by atoms with van der Waals surface area (Å²) in [5.41, 5.74) is -0.582. The number of aromatic nitrogens is 2. The summed E-state index contributed by atoms with van der Waals surface area (Å²) in [6.07, 6.45) is 3.52. The average molecular weight is 284 g/mol. The summed E-state index contributed by atoms with van der Waals surface area (Å²) in [6, 6.07) is -0.291. The lowest BCUT2D eigenvalue weighted by atomic mass is 10.4. The number of alkyl halides is 1. The molecule has 7 nitrogen and oxygen atoms in total. The molecule has 0 aliphatic carbocycles. The number of amides is 1. The van der Waals surface area contributed by atoms with Gasteiger partial charge in [-0.2, -0.15) is 0 Å². The van der Waals surface area contributed by atoms with E-state index in [1.807, 2.05) is 0 Å². The zero-order valence-electron chi connectivity index (χ0n) is 10.5. The molecule has 102 valence electrons. The first-order chi connectivity index (χ1) is 9.09. The van der Waals surface area contributed by atoms with Crippen molar-refractivity contribution < 1.29 is 4.79 Å². The van der Waals surface area contributed by atoms with Gasteiger partial charge in [-0.15, -0.1) is 0 Å². The van der Waals surface area contributed by atoms with Gasteiger partial charge in [-0.05, 0) is 12.8 Å². The molecule has 1 fully saturated rings. The molecule has 0 saturated carbocycles. The van der Waals surface area contributed by atoms with Crippen molar-refractivity contribution in [3.8, 4) is 0 Å². The van der Waals surface area contributed by atoms with Crippen LogP contribution in [0.2, 0.25) is 0 Å². The molecule has 2 aliphatic rings. The molecule has 1 saturated heterocycles. The summed E-state index contributed by atoms with van der Waals surface area (Å²) >= 11 is 5.86. The Morgan fingerprint density at radius 2 is 2.16 bits per heavy atom. The van der Waals surface area contributed by atoms with Gasteiger partial charge in [0.1, 0.15) is 5.35 Å². The second-order valence-electron chi connectivity index (χ2n) is 4.64. The van der Waals surface area contributed by atoms with E-state index in [0.717, 1.165) is 17.4 Å². The van der Waals surface area contributed by atoms with Gasteiger partial charge < -0.3 is 10.2 Å². The van der Waals surface area contributed by atoms with E-state index in [4.69, 9.17) is 11.6 Å². The Labute approximate surface area is 113 Å². The molecule has 0 radical (unpaired) electrons. The highest BCUT2D eigenvalue weighted by molar-refractivity contribution is 6.20. The molecule has 1 aromatic rings. The van der Waals surface area contributed by atoms with Crippen LogP contribution in [0.25, 0.3) is 6.20 Å². The topological polar surface area (TPSA) is 71.6 Å². The largest absolute Gasteiger partial charge is 0.355 e. The smallest absolute Gasteiger partial charge is 0.338 e. The molecule has 0 bridgehead atoms. The van der Waals surface area contributed by atoms with Crippen molar-refractivity contribution in [1.29, 1.82) is 0 Å². The molecule has 8 heteroatoms. The molecule has 2 aliphatic heterocycles. The van der Waals surface area contributed by atoms with Crippen LogP contribution in [0.5, 0.6) is 0 Å². The minimum atomic E-state index is -0.615. The first-order valence-electron chi connectivity index (χ1n) is 6.15. The number of halogens is 1. The van der Waals surface area contributed by atoms with Gasteiger partial charge in [0.25, 0.3) is 0 Å². The number of carbonyl (C=O) groups is 1. The Kier molecular flexibility index (Phi) is 2.85. The van der Waals surface area contributed by atoms with E-state index >= 15 is 0 Å². The van der Waals surface area contributed by atoms with Gasteiger partial charge in [0.05, 0.1) is 0 Å². The second kappa shape index (κ2) is 4.41. The number of hydrogen-bond acceptors (Lipinski definition) is 4. The van der Waals surface area contributed by atoms with Gasteiger partial charge in [0.15, 0.2) is 11.1 Å². The summed E-state index contributed by atoms with van der Waals surface area (Å²) in [6.45, 7) is 1.38. The number of likely N-dealkylation sites (tertiary alicyclic amines) is 1. The number of hydrogen-bond donors (Lipinski definition) is 1. The minimum Gasteiger partial charge on any atom is -0.355 e. The fourth-order valence-electron chi connectivity index (χ4n) is 2.42. The maximum absolute atomic E-state index is 12.4. The minimum absolute atomic E-state index is 0.291. The standard InChI is InChI=1S/C11H14ClN5O2/c1-15-8-7(6-13-9(12)14-8)17(10(15)18)11(19)16-4-2-3-5-16/h6,9,13H,2-5H2,1H3. The van der Waals surface area contributed by atoms with Crippen molar-refractivity contribution in [2.24, 2.45) is 12.0 Å². The first kappa shape index (κ1) is 12.3. The van der Waals surface area contributed by atoms with Crippen molar-refractivity contribution in [2.45, 2.75) is 18.5 Å². The molecule has 1 atom stereocenters. The van der Waals surface area contributed by atoms with Crippen LogP contribution < -0.4 is 21.8 Å². The van der Waals surface area contributed by atoms with E-state index in [1.165, 1.54) is 4.57 Å². The predicted molar refractivity (Wildman–Crippen MR) is 69.3 cm³/mol. The van der Waals surface area contributed by atoms with Crippen LogP contribution in [0.3, 0.4) is 0 Å². The number of imidazole rings is 1. The van der Waals surface area contributed by atoms with E-state index in [1.54, 1.807) is 18.1 Å². The van der Waals surface area contributed by atoms with Crippen molar-refractivity contribution in [2.75, 3.05) is 13.1 Å². The number of fused-ring (bicyclic) bond motifs is 1. The number of nitrogens with zero attached hydrogens (tertiary/aromatic N) is 4.